The number of nitrogens with zero attached hydrogens (tertiary/aromatic N) is 1. The molecule has 1 heterocycles. The van der Waals surface area contributed by atoms with E-state index in [1.165, 1.54) is 30.7 Å². The highest BCUT2D eigenvalue weighted by molar-refractivity contribution is 7.90. The van der Waals surface area contributed by atoms with Gasteiger partial charge in [0.1, 0.15) is 23.0 Å². The van der Waals surface area contributed by atoms with Crippen LogP contribution in [0.25, 0.3) is 11.3 Å². The van der Waals surface area contributed by atoms with Crippen molar-refractivity contribution in [1.82, 2.24) is 4.98 Å². The summed E-state index contributed by atoms with van der Waals surface area (Å²) in [7, 11) is -3.55. The number of benzene rings is 2. The van der Waals surface area contributed by atoms with Crippen LogP contribution >= 0.6 is 0 Å². The van der Waals surface area contributed by atoms with Gasteiger partial charge in [-0.3, -0.25) is 0 Å². The zero-order chi connectivity index (χ0) is 16.4. The summed E-state index contributed by atoms with van der Waals surface area (Å²) < 4.78 is 43.3. The molecule has 0 saturated heterocycles. The van der Waals surface area contributed by atoms with Gasteiger partial charge in [-0.25, -0.2) is 17.8 Å². The lowest BCUT2D eigenvalue weighted by Gasteiger charge is -2.05. The Hall–Kier alpha value is -2.47. The molecule has 118 valence electrons. The first-order valence-corrected chi connectivity index (χ1v) is 8.59. The van der Waals surface area contributed by atoms with Crippen molar-refractivity contribution in [1.29, 1.82) is 0 Å². The maximum absolute atomic E-state index is 13.0. The van der Waals surface area contributed by atoms with Crippen molar-refractivity contribution in [3.63, 3.8) is 0 Å². The third-order valence-electron chi connectivity index (χ3n) is 3.46. The standard InChI is InChI=1S/C17H14FNO3S/c1-12-2-8-15(9-3-12)23(20,21)10-16-17(19-11-22-16)13-4-6-14(18)7-5-13/h2-9,11H,10H2,1H3. The molecule has 1 aromatic heterocycles. The summed E-state index contributed by atoms with van der Waals surface area (Å²) >= 11 is 0. The number of aromatic nitrogens is 1. The lowest BCUT2D eigenvalue weighted by molar-refractivity contribution is 0.515. The van der Waals surface area contributed by atoms with E-state index < -0.39 is 9.84 Å². The van der Waals surface area contributed by atoms with Crippen LogP contribution in [-0.4, -0.2) is 13.4 Å². The monoisotopic (exact) mass is 331 g/mol. The van der Waals surface area contributed by atoms with Crippen LogP contribution in [0.1, 0.15) is 11.3 Å². The minimum Gasteiger partial charge on any atom is -0.447 e. The Bertz CT molecular complexity index is 913. The molecule has 6 heteroatoms. The van der Waals surface area contributed by atoms with Crippen molar-refractivity contribution in [2.75, 3.05) is 0 Å². The van der Waals surface area contributed by atoms with Crippen molar-refractivity contribution < 1.29 is 17.2 Å². The van der Waals surface area contributed by atoms with Gasteiger partial charge in [0.25, 0.3) is 0 Å². The highest BCUT2D eigenvalue weighted by atomic mass is 32.2. The van der Waals surface area contributed by atoms with Crippen LogP contribution in [0, 0.1) is 12.7 Å². The van der Waals surface area contributed by atoms with Crippen molar-refractivity contribution in [2.24, 2.45) is 0 Å². The second kappa shape index (κ2) is 5.96. The van der Waals surface area contributed by atoms with Crippen LogP contribution in [0.2, 0.25) is 0 Å². The van der Waals surface area contributed by atoms with Crippen molar-refractivity contribution in [3.8, 4) is 11.3 Å². The number of halogens is 1. The van der Waals surface area contributed by atoms with Crippen LogP contribution in [0.15, 0.2) is 64.2 Å². The van der Waals surface area contributed by atoms with Crippen molar-refractivity contribution in [3.05, 3.63) is 72.1 Å². The maximum atomic E-state index is 13.0. The smallest absolute Gasteiger partial charge is 0.185 e. The predicted octanol–water partition coefficient (Wildman–Crippen LogP) is 3.76. The van der Waals surface area contributed by atoms with Crippen LogP contribution < -0.4 is 0 Å². The minimum absolute atomic E-state index is 0.226. The van der Waals surface area contributed by atoms with Gasteiger partial charge in [-0.15, -0.1) is 0 Å². The van der Waals surface area contributed by atoms with E-state index in [9.17, 15) is 12.8 Å². The molecule has 0 aliphatic rings. The van der Waals surface area contributed by atoms with Gasteiger partial charge in [-0.2, -0.15) is 0 Å². The third-order valence-corrected chi connectivity index (χ3v) is 5.09. The van der Waals surface area contributed by atoms with Crippen LogP contribution in [0.5, 0.6) is 0 Å². The van der Waals surface area contributed by atoms with Gasteiger partial charge in [-0.05, 0) is 43.3 Å². The molecule has 0 spiro atoms. The summed E-state index contributed by atoms with van der Waals surface area (Å²) in [6, 6.07) is 12.3. The first kappa shape index (κ1) is 15.4. The number of aryl methyl sites for hydroxylation is 1. The summed E-state index contributed by atoms with van der Waals surface area (Å²) in [6.07, 6.45) is 1.19. The Labute approximate surface area is 133 Å². The van der Waals surface area contributed by atoms with Gasteiger partial charge >= 0.3 is 0 Å². The Morgan fingerprint density at radius 1 is 1.04 bits per heavy atom. The second-order valence-electron chi connectivity index (χ2n) is 5.20. The number of rotatable bonds is 4. The fraction of sp³-hybridized carbons (Fsp3) is 0.118. The molecular formula is C17H14FNO3S. The number of oxazole rings is 1. The molecule has 0 aliphatic carbocycles. The molecule has 23 heavy (non-hydrogen) atoms. The normalized spacial score (nSPS) is 11.6. The van der Waals surface area contributed by atoms with E-state index in [4.69, 9.17) is 4.42 Å². The fourth-order valence-corrected chi connectivity index (χ4v) is 3.49. The molecule has 0 fully saturated rings. The van der Waals surface area contributed by atoms with E-state index in [2.05, 4.69) is 4.98 Å². The minimum atomic E-state index is -3.55. The molecule has 0 aliphatic heterocycles. The largest absolute Gasteiger partial charge is 0.447 e. The first-order valence-electron chi connectivity index (χ1n) is 6.93. The Kier molecular flexibility index (Phi) is 4.00. The molecule has 0 amide bonds. The van der Waals surface area contributed by atoms with Gasteiger partial charge in [0.15, 0.2) is 16.2 Å². The van der Waals surface area contributed by atoms with Gasteiger partial charge in [0, 0.05) is 5.56 Å². The maximum Gasteiger partial charge on any atom is 0.185 e. The summed E-state index contributed by atoms with van der Waals surface area (Å²) in [5.74, 6) is -0.439. The molecule has 4 nitrogen and oxygen atoms in total. The topological polar surface area (TPSA) is 60.2 Å². The first-order chi connectivity index (χ1) is 11.0. The molecule has 0 atom stereocenters. The Morgan fingerprint density at radius 2 is 1.70 bits per heavy atom. The lowest BCUT2D eigenvalue weighted by Crippen LogP contribution is -2.05. The van der Waals surface area contributed by atoms with E-state index in [-0.39, 0.29) is 22.2 Å². The van der Waals surface area contributed by atoms with Gasteiger partial charge < -0.3 is 4.42 Å². The zero-order valence-electron chi connectivity index (χ0n) is 12.4. The average molecular weight is 331 g/mol. The molecule has 0 unspecified atom stereocenters. The second-order valence-corrected chi connectivity index (χ2v) is 7.19. The molecule has 3 aromatic rings. The highest BCUT2D eigenvalue weighted by Crippen LogP contribution is 2.26. The molecule has 0 bridgehead atoms. The van der Waals surface area contributed by atoms with Gasteiger partial charge in [-0.1, -0.05) is 17.7 Å². The van der Waals surface area contributed by atoms with Crippen LogP contribution in [0.3, 0.4) is 0 Å². The summed E-state index contributed by atoms with van der Waals surface area (Å²) in [4.78, 5) is 4.28. The van der Waals surface area contributed by atoms with Gasteiger partial charge in [0.2, 0.25) is 0 Å². The van der Waals surface area contributed by atoms with Crippen LogP contribution in [-0.2, 0) is 15.6 Å². The Morgan fingerprint density at radius 3 is 2.35 bits per heavy atom. The van der Waals surface area contributed by atoms with Crippen molar-refractivity contribution >= 4 is 9.84 Å². The van der Waals surface area contributed by atoms with Crippen molar-refractivity contribution in [2.45, 2.75) is 17.6 Å². The SMILES string of the molecule is Cc1ccc(S(=O)(=O)Cc2ocnc2-c2ccc(F)cc2)cc1. The molecular weight excluding hydrogens is 317 g/mol. The zero-order valence-corrected chi connectivity index (χ0v) is 13.2. The molecule has 3 rings (SSSR count). The number of sulfone groups is 1. The fourth-order valence-electron chi connectivity index (χ4n) is 2.22. The molecule has 2 aromatic carbocycles. The highest BCUT2D eigenvalue weighted by Gasteiger charge is 2.21. The van der Waals surface area contributed by atoms with Crippen LogP contribution in [0.4, 0.5) is 4.39 Å². The molecule has 0 radical (unpaired) electrons. The number of hydrogen-bond donors (Lipinski definition) is 0. The molecule has 0 saturated carbocycles. The Balaban J connectivity index is 1.93. The average Bonchev–Trinajstić information content (AvgIpc) is 2.96. The van der Waals surface area contributed by atoms with E-state index in [0.29, 0.717) is 11.3 Å². The summed E-state index contributed by atoms with van der Waals surface area (Å²) in [6.45, 7) is 1.89. The van der Waals surface area contributed by atoms with Gasteiger partial charge in [0.05, 0.1) is 4.90 Å². The van der Waals surface area contributed by atoms with E-state index in [1.54, 1.807) is 24.3 Å². The summed E-state index contributed by atoms with van der Waals surface area (Å²) in [5.41, 5.74) is 1.99. The third kappa shape index (κ3) is 3.32. The quantitative estimate of drug-likeness (QED) is 0.730. The number of hydrogen-bond acceptors (Lipinski definition) is 4. The van der Waals surface area contributed by atoms with E-state index >= 15 is 0 Å². The molecule has 0 N–H and O–H groups in total. The van der Waals surface area contributed by atoms with E-state index in [1.807, 2.05) is 6.92 Å². The predicted molar refractivity (Wildman–Crippen MR) is 84.0 cm³/mol. The lowest BCUT2D eigenvalue weighted by atomic mass is 10.1. The van der Waals surface area contributed by atoms with E-state index in [0.717, 1.165) is 5.56 Å². The summed E-state index contributed by atoms with van der Waals surface area (Å²) in [5, 5.41) is 0.